The molecule has 0 amide bonds. The second kappa shape index (κ2) is 4.82. The van der Waals surface area contributed by atoms with Crippen molar-refractivity contribution in [3.8, 4) is 0 Å². The largest absolute Gasteiger partial charge is 0.295 e. The number of Topliss-reactive ketones (excluding diaryl/α,β-unsaturated/α-hetero) is 1. The van der Waals surface area contributed by atoms with E-state index in [-0.39, 0.29) is 16.7 Å². The number of hydrogen-bond acceptors (Lipinski definition) is 3. The lowest BCUT2D eigenvalue weighted by Crippen LogP contribution is -2.41. The number of carbonyl (C=O) groups excluding carboxylic acids is 1. The number of carbonyl (C=O) groups is 1. The highest BCUT2D eigenvalue weighted by molar-refractivity contribution is 7.89. The lowest BCUT2D eigenvalue weighted by Gasteiger charge is -2.33. The second-order valence-corrected chi connectivity index (χ2v) is 6.68. The van der Waals surface area contributed by atoms with E-state index in [1.165, 1.54) is 23.4 Å². The molecule has 5 heteroatoms. The Morgan fingerprint density at radius 2 is 1.78 bits per heavy atom. The topological polar surface area (TPSA) is 54.5 Å². The molecular formula is C13H17NO3S. The van der Waals surface area contributed by atoms with Crippen LogP contribution in [0.25, 0.3) is 0 Å². The van der Waals surface area contributed by atoms with Gasteiger partial charge in [-0.05, 0) is 31.9 Å². The van der Waals surface area contributed by atoms with Crippen LogP contribution in [0.5, 0.6) is 0 Å². The van der Waals surface area contributed by atoms with Crippen LogP contribution in [-0.4, -0.2) is 31.6 Å². The third kappa shape index (κ3) is 2.33. The van der Waals surface area contributed by atoms with Crippen molar-refractivity contribution in [1.29, 1.82) is 0 Å². The van der Waals surface area contributed by atoms with Gasteiger partial charge in [-0.2, -0.15) is 4.31 Å². The molecule has 0 radical (unpaired) electrons. The molecule has 4 nitrogen and oxygen atoms in total. The van der Waals surface area contributed by atoms with Gasteiger partial charge in [-0.15, -0.1) is 0 Å². The summed E-state index contributed by atoms with van der Waals surface area (Å²) in [7, 11) is -1.80. The summed E-state index contributed by atoms with van der Waals surface area (Å²) in [5.74, 6) is -0.0636. The maximum atomic E-state index is 12.3. The number of nitrogens with zero attached hydrogens (tertiary/aromatic N) is 1. The van der Waals surface area contributed by atoms with Crippen LogP contribution in [0.4, 0.5) is 0 Å². The van der Waals surface area contributed by atoms with E-state index >= 15 is 0 Å². The predicted molar refractivity (Wildman–Crippen MR) is 69.0 cm³/mol. The molecule has 98 valence electrons. The minimum Gasteiger partial charge on any atom is -0.295 e. The highest BCUT2D eigenvalue weighted by atomic mass is 32.2. The first-order valence-electron chi connectivity index (χ1n) is 6.02. The molecule has 1 aromatic rings. The molecule has 0 N–H and O–H groups in total. The quantitative estimate of drug-likeness (QED) is 0.785. The van der Waals surface area contributed by atoms with Gasteiger partial charge in [0, 0.05) is 18.7 Å². The molecule has 1 aliphatic rings. The maximum absolute atomic E-state index is 12.3. The van der Waals surface area contributed by atoms with Gasteiger partial charge in [0.15, 0.2) is 5.78 Å². The molecule has 18 heavy (non-hydrogen) atoms. The number of hydrogen-bond donors (Lipinski definition) is 0. The van der Waals surface area contributed by atoms with Gasteiger partial charge in [-0.3, -0.25) is 4.79 Å². The van der Waals surface area contributed by atoms with Crippen LogP contribution in [0.15, 0.2) is 29.2 Å². The highest BCUT2D eigenvalue weighted by Gasteiger charge is 2.31. The molecule has 2 rings (SSSR count). The molecule has 0 atom stereocenters. The fraction of sp³-hybridized carbons (Fsp3) is 0.462. The van der Waals surface area contributed by atoms with Gasteiger partial charge in [0.05, 0.1) is 4.90 Å². The van der Waals surface area contributed by atoms with E-state index in [0.29, 0.717) is 5.56 Å². The van der Waals surface area contributed by atoms with Gasteiger partial charge in [0.2, 0.25) is 10.0 Å². The monoisotopic (exact) mass is 267 g/mol. The van der Waals surface area contributed by atoms with E-state index in [0.717, 1.165) is 19.3 Å². The minimum atomic E-state index is -3.42. The van der Waals surface area contributed by atoms with Crippen LogP contribution >= 0.6 is 0 Å². The maximum Gasteiger partial charge on any atom is 0.243 e. The van der Waals surface area contributed by atoms with E-state index in [1.54, 1.807) is 19.2 Å². The zero-order valence-electron chi connectivity index (χ0n) is 10.6. The third-order valence-corrected chi connectivity index (χ3v) is 5.45. The lowest BCUT2D eigenvalue weighted by molar-refractivity contribution is 0.101. The first-order valence-corrected chi connectivity index (χ1v) is 7.46. The molecule has 1 aromatic carbocycles. The van der Waals surface area contributed by atoms with Gasteiger partial charge in [0.1, 0.15) is 0 Å². The molecular weight excluding hydrogens is 250 g/mol. The van der Waals surface area contributed by atoms with Gasteiger partial charge in [-0.1, -0.05) is 18.6 Å². The smallest absolute Gasteiger partial charge is 0.243 e. The molecule has 1 saturated carbocycles. The van der Waals surface area contributed by atoms with E-state index in [4.69, 9.17) is 0 Å². The minimum absolute atomic E-state index is 0.0636. The molecule has 0 heterocycles. The van der Waals surface area contributed by atoms with Gasteiger partial charge in [0.25, 0.3) is 0 Å². The highest BCUT2D eigenvalue weighted by Crippen LogP contribution is 2.28. The Morgan fingerprint density at radius 3 is 2.17 bits per heavy atom. The number of sulfonamides is 1. The summed E-state index contributed by atoms with van der Waals surface area (Å²) in [5, 5.41) is 0. The first kappa shape index (κ1) is 13.2. The Morgan fingerprint density at radius 1 is 1.22 bits per heavy atom. The Bertz CT molecular complexity index is 544. The average molecular weight is 267 g/mol. The van der Waals surface area contributed by atoms with Crippen molar-refractivity contribution in [3.05, 3.63) is 29.8 Å². The lowest BCUT2D eigenvalue weighted by atomic mass is 9.94. The summed E-state index contributed by atoms with van der Waals surface area (Å²) < 4.78 is 26.0. The normalized spacial score (nSPS) is 16.6. The number of benzene rings is 1. The van der Waals surface area contributed by atoms with Crippen molar-refractivity contribution in [2.45, 2.75) is 37.1 Å². The SMILES string of the molecule is CC(=O)c1ccc(S(=O)(=O)N(C)C2CCC2)cc1. The molecule has 0 aromatic heterocycles. The Labute approximate surface area is 108 Å². The summed E-state index contributed by atoms with van der Waals surface area (Å²) in [4.78, 5) is 11.4. The fourth-order valence-electron chi connectivity index (χ4n) is 1.97. The molecule has 0 bridgehead atoms. The fourth-order valence-corrected chi connectivity index (χ4v) is 3.39. The van der Waals surface area contributed by atoms with E-state index in [2.05, 4.69) is 0 Å². The van der Waals surface area contributed by atoms with Crippen LogP contribution in [0.3, 0.4) is 0 Å². The standard InChI is InChI=1S/C13H17NO3S/c1-10(15)11-6-8-13(9-7-11)18(16,17)14(2)12-4-3-5-12/h6-9,12H,3-5H2,1-2H3. The molecule has 0 spiro atoms. The second-order valence-electron chi connectivity index (χ2n) is 4.69. The molecule has 0 saturated heterocycles. The van der Waals surface area contributed by atoms with Crippen LogP contribution < -0.4 is 0 Å². The van der Waals surface area contributed by atoms with Crippen molar-refractivity contribution >= 4 is 15.8 Å². The van der Waals surface area contributed by atoms with Crippen molar-refractivity contribution in [3.63, 3.8) is 0 Å². The van der Waals surface area contributed by atoms with Crippen molar-refractivity contribution < 1.29 is 13.2 Å². The number of ketones is 1. The summed E-state index contributed by atoms with van der Waals surface area (Å²) in [6.45, 7) is 1.46. The Hall–Kier alpha value is -1.20. The van der Waals surface area contributed by atoms with Crippen LogP contribution in [-0.2, 0) is 10.0 Å². The summed E-state index contributed by atoms with van der Waals surface area (Å²) in [6.07, 6.45) is 2.95. The summed E-state index contributed by atoms with van der Waals surface area (Å²) in [6, 6.07) is 6.25. The van der Waals surface area contributed by atoms with E-state index < -0.39 is 10.0 Å². The van der Waals surface area contributed by atoms with Crippen molar-refractivity contribution in [2.24, 2.45) is 0 Å². The third-order valence-electron chi connectivity index (χ3n) is 3.53. The zero-order valence-corrected chi connectivity index (χ0v) is 11.4. The zero-order chi connectivity index (χ0) is 13.3. The Kier molecular flexibility index (Phi) is 3.54. The first-order chi connectivity index (χ1) is 8.43. The summed E-state index contributed by atoms with van der Waals surface area (Å²) in [5.41, 5.74) is 0.528. The molecule has 1 fully saturated rings. The van der Waals surface area contributed by atoms with Gasteiger partial charge in [-0.25, -0.2) is 8.42 Å². The number of rotatable bonds is 4. The van der Waals surface area contributed by atoms with Crippen LogP contribution in [0.1, 0.15) is 36.5 Å². The van der Waals surface area contributed by atoms with Gasteiger partial charge >= 0.3 is 0 Å². The van der Waals surface area contributed by atoms with Gasteiger partial charge < -0.3 is 0 Å². The Balaban J connectivity index is 2.26. The molecule has 1 aliphatic carbocycles. The summed E-state index contributed by atoms with van der Waals surface area (Å²) >= 11 is 0. The van der Waals surface area contributed by atoms with Crippen LogP contribution in [0, 0.1) is 0 Å². The average Bonchev–Trinajstić information content (AvgIpc) is 2.26. The van der Waals surface area contributed by atoms with E-state index in [1.807, 2.05) is 0 Å². The molecule has 0 unspecified atom stereocenters. The van der Waals surface area contributed by atoms with Crippen LogP contribution in [0.2, 0.25) is 0 Å². The molecule has 0 aliphatic heterocycles. The van der Waals surface area contributed by atoms with Crippen molar-refractivity contribution in [2.75, 3.05) is 7.05 Å². The van der Waals surface area contributed by atoms with Crippen molar-refractivity contribution in [1.82, 2.24) is 4.31 Å². The predicted octanol–water partition coefficient (Wildman–Crippen LogP) is 2.06. The van der Waals surface area contributed by atoms with E-state index in [9.17, 15) is 13.2 Å².